The van der Waals surface area contributed by atoms with Crippen LogP contribution in [0.3, 0.4) is 0 Å². The van der Waals surface area contributed by atoms with Crippen molar-refractivity contribution in [3.63, 3.8) is 0 Å². The van der Waals surface area contributed by atoms with Crippen molar-refractivity contribution in [2.45, 2.75) is 0 Å². The monoisotopic (exact) mass is 366 g/mol. The van der Waals surface area contributed by atoms with E-state index in [4.69, 9.17) is 4.74 Å². The van der Waals surface area contributed by atoms with E-state index in [1.807, 2.05) is 0 Å². The molecular formula is C17H10N4O4S. The highest BCUT2D eigenvalue weighted by Gasteiger charge is 2.17. The molecule has 4 aromatic rings. The molecule has 0 saturated heterocycles. The summed E-state index contributed by atoms with van der Waals surface area (Å²) in [5.41, 5.74) is -0.723. The largest absolute Gasteiger partial charge is 0.422 e. The van der Waals surface area contributed by atoms with Gasteiger partial charge in [-0.2, -0.15) is 0 Å². The molecule has 0 aliphatic carbocycles. The number of hydrogen-bond acceptors (Lipinski definition) is 7. The lowest BCUT2D eigenvalue weighted by Crippen LogP contribution is -2.33. The van der Waals surface area contributed by atoms with Crippen LogP contribution in [0.4, 0.5) is 0 Å². The number of aromatic amines is 1. The second-order valence-corrected chi connectivity index (χ2v) is 6.25. The number of H-pyrrole nitrogens is 1. The van der Waals surface area contributed by atoms with E-state index in [0.29, 0.717) is 16.3 Å². The van der Waals surface area contributed by atoms with Crippen LogP contribution in [0, 0.1) is 0 Å². The first-order chi connectivity index (χ1) is 12.6. The summed E-state index contributed by atoms with van der Waals surface area (Å²) in [5.74, 6) is -0.279. The number of aromatic nitrogens is 4. The first-order valence-electron chi connectivity index (χ1n) is 7.45. The second kappa shape index (κ2) is 6.37. The molecule has 8 nitrogen and oxygen atoms in total. The van der Waals surface area contributed by atoms with Gasteiger partial charge in [-0.15, -0.1) is 11.3 Å². The number of thiophene rings is 1. The van der Waals surface area contributed by atoms with Crippen LogP contribution in [0.25, 0.3) is 15.9 Å². The maximum atomic E-state index is 12.7. The van der Waals surface area contributed by atoms with Gasteiger partial charge in [-0.1, -0.05) is 0 Å². The first-order valence-corrected chi connectivity index (χ1v) is 8.26. The van der Waals surface area contributed by atoms with Gasteiger partial charge in [0.25, 0.3) is 5.56 Å². The fraction of sp³-hybridized carbons (Fsp3) is 0. The van der Waals surface area contributed by atoms with Crippen molar-refractivity contribution >= 4 is 27.5 Å². The van der Waals surface area contributed by atoms with E-state index >= 15 is 0 Å². The second-order valence-electron chi connectivity index (χ2n) is 5.20. The molecule has 0 radical (unpaired) electrons. The van der Waals surface area contributed by atoms with Gasteiger partial charge in [0.15, 0.2) is 0 Å². The number of ether oxygens (including phenoxy) is 1. The Labute approximate surface area is 149 Å². The molecule has 1 N–H and O–H groups in total. The summed E-state index contributed by atoms with van der Waals surface area (Å²) in [6.07, 6.45) is 5.96. The van der Waals surface area contributed by atoms with Crippen molar-refractivity contribution in [2.24, 2.45) is 0 Å². The van der Waals surface area contributed by atoms with Gasteiger partial charge in [-0.25, -0.2) is 14.2 Å². The molecule has 0 aliphatic rings. The maximum Gasteiger partial charge on any atom is 0.353 e. The predicted octanol–water partition coefficient (Wildman–Crippen LogP) is 1.75. The predicted molar refractivity (Wildman–Crippen MR) is 95.0 cm³/mol. The highest BCUT2D eigenvalue weighted by molar-refractivity contribution is 7.20. The number of fused-ring (bicyclic) bond motifs is 1. The molecule has 0 bridgehead atoms. The highest BCUT2D eigenvalue weighted by Crippen LogP contribution is 2.22. The lowest BCUT2D eigenvalue weighted by atomic mass is 10.3. The minimum Gasteiger partial charge on any atom is -0.422 e. The third-order valence-electron chi connectivity index (χ3n) is 3.57. The van der Waals surface area contributed by atoms with Gasteiger partial charge < -0.3 is 4.74 Å². The van der Waals surface area contributed by atoms with E-state index in [-0.39, 0.29) is 10.3 Å². The number of rotatable bonds is 3. The Hall–Kier alpha value is -3.59. The Morgan fingerprint density at radius 1 is 1.04 bits per heavy atom. The summed E-state index contributed by atoms with van der Waals surface area (Å²) in [6, 6.07) is 7.60. The SMILES string of the molecule is O=C(Oc1ccncc1)c1cc2c(=O)n(-c3ccncc3)c(=O)[nH]c2s1. The number of carbonyl (C=O) groups excluding carboxylic acids is 1. The van der Waals surface area contributed by atoms with Gasteiger partial charge in [-0.3, -0.25) is 19.7 Å². The minimum absolute atomic E-state index is 0.206. The molecule has 0 fully saturated rings. The zero-order chi connectivity index (χ0) is 18.1. The van der Waals surface area contributed by atoms with Gasteiger partial charge in [0, 0.05) is 24.8 Å². The van der Waals surface area contributed by atoms with Crippen molar-refractivity contribution in [1.82, 2.24) is 19.5 Å². The van der Waals surface area contributed by atoms with Crippen molar-refractivity contribution < 1.29 is 9.53 Å². The van der Waals surface area contributed by atoms with Crippen molar-refractivity contribution in [1.29, 1.82) is 0 Å². The average molecular weight is 366 g/mol. The first kappa shape index (κ1) is 15.9. The van der Waals surface area contributed by atoms with E-state index in [1.54, 1.807) is 24.3 Å². The molecular weight excluding hydrogens is 356 g/mol. The number of carbonyl (C=O) groups is 1. The molecule has 0 unspecified atom stereocenters. The Morgan fingerprint density at radius 2 is 1.69 bits per heavy atom. The van der Waals surface area contributed by atoms with Gasteiger partial charge in [0.2, 0.25) is 0 Å². The van der Waals surface area contributed by atoms with Gasteiger partial charge in [-0.05, 0) is 30.3 Å². The van der Waals surface area contributed by atoms with Crippen LogP contribution in [0.1, 0.15) is 9.67 Å². The average Bonchev–Trinajstić information content (AvgIpc) is 3.08. The maximum absolute atomic E-state index is 12.7. The molecule has 9 heteroatoms. The molecule has 0 saturated carbocycles. The molecule has 4 rings (SSSR count). The van der Waals surface area contributed by atoms with E-state index in [0.717, 1.165) is 15.9 Å². The Morgan fingerprint density at radius 3 is 2.38 bits per heavy atom. The van der Waals surface area contributed by atoms with Gasteiger partial charge in [0.1, 0.15) is 15.5 Å². The molecule has 128 valence electrons. The standard InChI is InChI=1S/C17H10N4O4S/c22-15-12-9-13(16(23)25-11-3-7-19-8-4-11)26-14(12)20-17(24)21(15)10-1-5-18-6-2-10/h1-9H,(H,20,24). The summed E-state index contributed by atoms with van der Waals surface area (Å²) in [7, 11) is 0. The quantitative estimate of drug-likeness (QED) is 0.554. The normalized spacial score (nSPS) is 10.8. The van der Waals surface area contributed by atoms with Crippen LogP contribution >= 0.6 is 11.3 Å². The van der Waals surface area contributed by atoms with Crippen LogP contribution in [0.2, 0.25) is 0 Å². The van der Waals surface area contributed by atoms with Crippen LogP contribution in [0.15, 0.2) is 64.7 Å². The van der Waals surface area contributed by atoms with Gasteiger partial charge in [0.05, 0.1) is 11.1 Å². The number of esters is 1. The molecule has 0 amide bonds. The van der Waals surface area contributed by atoms with E-state index in [1.165, 1.54) is 30.9 Å². The van der Waals surface area contributed by atoms with Crippen molar-refractivity contribution in [3.05, 3.63) is 80.8 Å². The summed E-state index contributed by atoms with van der Waals surface area (Å²) in [4.78, 5) is 48.2. The van der Waals surface area contributed by atoms with Gasteiger partial charge >= 0.3 is 11.7 Å². The Kier molecular flexibility index (Phi) is 3.90. The minimum atomic E-state index is -0.617. The number of hydrogen-bond donors (Lipinski definition) is 1. The fourth-order valence-corrected chi connectivity index (χ4v) is 3.32. The third-order valence-corrected chi connectivity index (χ3v) is 4.60. The topological polar surface area (TPSA) is 107 Å². The molecule has 4 heterocycles. The summed E-state index contributed by atoms with van der Waals surface area (Å²) in [6.45, 7) is 0. The van der Waals surface area contributed by atoms with E-state index < -0.39 is 17.2 Å². The fourth-order valence-electron chi connectivity index (χ4n) is 2.40. The molecule has 0 aromatic carbocycles. The lowest BCUT2D eigenvalue weighted by molar-refractivity contribution is 0.0740. The summed E-state index contributed by atoms with van der Waals surface area (Å²) < 4.78 is 6.23. The zero-order valence-corrected chi connectivity index (χ0v) is 13.9. The Balaban J connectivity index is 1.79. The smallest absolute Gasteiger partial charge is 0.353 e. The molecule has 26 heavy (non-hydrogen) atoms. The van der Waals surface area contributed by atoms with Crippen LogP contribution in [-0.2, 0) is 0 Å². The molecule has 0 atom stereocenters. The highest BCUT2D eigenvalue weighted by atomic mass is 32.1. The van der Waals surface area contributed by atoms with Crippen molar-refractivity contribution in [3.8, 4) is 11.4 Å². The van der Waals surface area contributed by atoms with Crippen LogP contribution in [-0.4, -0.2) is 25.5 Å². The van der Waals surface area contributed by atoms with E-state index in [9.17, 15) is 14.4 Å². The molecule has 0 spiro atoms. The summed E-state index contributed by atoms with van der Waals surface area (Å²) in [5, 5.41) is 0.230. The lowest BCUT2D eigenvalue weighted by Gasteiger charge is -2.03. The number of nitrogens with one attached hydrogen (secondary N) is 1. The molecule has 0 aliphatic heterocycles. The molecule has 4 aromatic heterocycles. The van der Waals surface area contributed by atoms with E-state index in [2.05, 4.69) is 15.0 Å². The zero-order valence-electron chi connectivity index (χ0n) is 13.1. The number of nitrogens with zero attached hydrogens (tertiary/aromatic N) is 3. The Bertz CT molecular complexity index is 1210. The number of pyridine rings is 2. The summed E-state index contributed by atoms with van der Waals surface area (Å²) >= 11 is 0.985. The van der Waals surface area contributed by atoms with Crippen molar-refractivity contribution in [2.75, 3.05) is 0 Å². The van der Waals surface area contributed by atoms with Crippen LogP contribution < -0.4 is 16.0 Å². The van der Waals surface area contributed by atoms with Crippen LogP contribution in [0.5, 0.6) is 5.75 Å². The third kappa shape index (κ3) is 2.80.